The highest BCUT2D eigenvalue weighted by molar-refractivity contribution is 6.30. The summed E-state index contributed by atoms with van der Waals surface area (Å²) in [6.07, 6.45) is 3.52. The number of halogens is 1. The number of carbonyl (C=O) groups is 1. The van der Waals surface area contributed by atoms with Crippen molar-refractivity contribution in [2.45, 2.75) is 25.4 Å². The molecule has 1 aliphatic rings. The van der Waals surface area contributed by atoms with E-state index in [4.69, 9.17) is 20.8 Å². The number of nitrogens with zero attached hydrogens (tertiary/aromatic N) is 1. The van der Waals surface area contributed by atoms with Gasteiger partial charge in [0, 0.05) is 11.6 Å². The summed E-state index contributed by atoms with van der Waals surface area (Å²) in [7, 11) is 0. The molecule has 24 heavy (non-hydrogen) atoms. The minimum Gasteiger partial charge on any atom is -0.492 e. The molecule has 1 aromatic carbocycles. The Labute approximate surface area is 146 Å². The van der Waals surface area contributed by atoms with Gasteiger partial charge >= 0.3 is 0 Å². The Balaban J connectivity index is 1.44. The van der Waals surface area contributed by atoms with Crippen molar-refractivity contribution in [1.29, 1.82) is 0 Å². The van der Waals surface area contributed by atoms with Gasteiger partial charge in [0.1, 0.15) is 18.1 Å². The molecule has 1 N–H and O–H groups in total. The van der Waals surface area contributed by atoms with Crippen LogP contribution in [0, 0.1) is 0 Å². The SMILES string of the molecule is O=C(NCc1ccco1)C1CCCN1CCOc1ccc(Cl)cc1. The lowest BCUT2D eigenvalue weighted by atomic mass is 10.2. The van der Waals surface area contributed by atoms with Crippen molar-refractivity contribution in [3.8, 4) is 5.75 Å². The average Bonchev–Trinajstić information content (AvgIpc) is 3.26. The summed E-state index contributed by atoms with van der Waals surface area (Å²) in [5.74, 6) is 1.60. The Morgan fingerprint density at radius 2 is 2.17 bits per heavy atom. The van der Waals surface area contributed by atoms with Crippen LogP contribution in [0.1, 0.15) is 18.6 Å². The van der Waals surface area contributed by atoms with Crippen molar-refractivity contribution in [3.05, 3.63) is 53.4 Å². The van der Waals surface area contributed by atoms with E-state index >= 15 is 0 Å². The molecule has 5 nitrogen and oxygen atoms in total. The van der Waals surface area contributed by atoms with Gasteiger partial charge in [0.15, 0.2) is 0 Å². The number of carbonyl (C=O) groups excluding carboxylic acids is 1. The monoisotopic (exact) mass is 348 g/mol. The molecular weight excluding hydrogens is 328 g/mol. The standard InChI is InChI=1S/C18H21ClN2O3/c19-14-5-7-15(8-6-14)24-12-10-21-9-1-4-17(21)18(22)20-13-16-3-2-11-23-16/h2-3,5-8,11,17H,1,4,9-10,12-13H2,(H,20,22). The molecular formula is C18H21ClN2O3. The van der Waals surface area contributed by atoms with Crippen molar-refractivity contribution < 1.29 is 13.9 Å². The third-order valence-corrected chi connectivity index (χ3v) is 4.40. The van der Waals surface area contributed by atoms with Crippen molar-refractivity contribution in [3.63, 3.8) is 0 Å². The Morgan fingerprint density at radius 3 is 2.92 bits per heavy atom. The highest BCUT2D eigenvalue weighted by Gasteiger charge is 2.30. The molecule has 1 aromatic heterocycles. The number of amides is 1. The predicted molar refractivity (Wildman–Crippen MR) is 92.1 cm³/mol. The van der Waals surface area contributed by atoms with Crippen molar-refractivity contribution in [2.75, 3.05) is 19.7 Å². The van der Waals surface area contributed by atoms with Crippen LogP contribution in [0.2, 0.25) is 5.02 Å². The fraction of sp³-hybridized carbons (Fsp3) is 0.389. The zero-order chi connectivity index (χ0) is 16.8. The van der Waals surface area contributed by atoms with Crippen LogP contribution in [0.4, 0.5) is 0 Å². The van der Waals surface area contributed by atoms with Gasteiger partial charge in [-0.3, -0.25) is 9.69 Å². The van der Waals surface area contributed by atoms with Gasteiger partial charge in [0.2, 0.25) is 5.91 Å². The first-order valence-corrected chi connectivity index (χ1v) is 8.53. The number of nitrogens with one attached hydrogen (secondary N) is 1. The Bertz CT molecular complexity index is 643. The van der Waals surface area contributed by atoms with E-state index in [1.54, 1.807) is 18.4 Å². The van der Waals surface area contributed by atoms with Crippen LogP contribution in [0.5, 0.6) is 5.75 Å². The number of benzene rings is 1. The van der Waals surface area contributed by atoms with Gasteiger partial charge in [-0.25, -0.2) is 0 Å². The molecule has 6 heteroatoms. The summed E-state index contributed by atoms with van der Waals surface area (Å²) in [5.41, 5.74) is 0. The lowest BCUT2D eigenvalue weighted by Gasteiger charge is -2.23. The second kappa shape index (κ2) is 8.22. The number of furan rings is 1. The maximum atomic E-state index is 12.4. The zero-order valence-corrected chi connectivity index (χ0v) is 14.2. The molecule has 1 unspecified atom stereocenters. The van der Waals surface area contributed by atoms with Gasteiger partial charge in [0.05, 0.1) is 18.8 Å². The second-order valence-electron chi connectivity index (χ2n) is 5.79. The molecule has 0 saturated carbocycles. The van der Waals surface area contributed by atoms with Gasteiger partial charge in [0.25, 0.3) is 0 Å². The first-order valence-electron chi connectivity index (χ1n) is 8.15. The topological polar surface area (TPSA) is 54.7 Å². The van der Waals surface area contributed by atoms with E-state index in [1.165, 1.54) is 0 Å². The van der Waals surface area contributed by atoms with Crippen LogP contribution in [-0.2, 0) is 11.3 Å². The normalized spacial score (nSPS) is 17.8. The van der Waals surface area contributed by atoms with E-state index in [0.717, 1.165) is 37.4 Å². The van der Waals surface area contributed by atoms with Crippen LogP contribution < -0.4 is 10.1 Å². The van der Waals surface area contributed by atoms with Crippen molar-refractivity contribution in [1.82, 2.24) is 10.2 Å². The number of likely N-dealkylation sites (tertiary alicyclic amines) is 1. The highest BCUT2D eigenvalue weighted by atomic mass is 35.5. The Kier molecular flexibility index (Phi) is 5.77. The van der Waals surface area contributed by atoms with Crippen molar-refractivity contribution >= 4 is 17.5 Å². The summed E-state index contributed by atoms with van der Waals surface area (Å²) >= 11 is 5.86. The molecule has 1 atom stereocenters. The highest BCUT2D eigenvalue weighted by Crippen LogP contribution is 2.18. The van der Waals surface area contributed by atoms with Crippen LogP contribution in [0.15, 0.2) is 47.1 Å². The first kappa shape index (κ1) is 16.9. The summed E-state index contributed by atoms with van der Waals surface area (Å²) in [6, 6.07) is 10.9. The number of hydrogen-bond acceptors (Lipinski definition) is 4. The fourth-order valence-electron chi connectivity index (χ4n) is 2.91. The number of rotatable bonds is 7. The van der Waals surface area contributed by atoms with Gasteiger partial charge in [-0.05, 0) is 55.8 Å². The molecule has 1 saturated heterocycles. The molecule has 0 bridgehead atoms. The molecule has 1 fully saturated rings. The van der Waals surface area contributed by atoms with Crippen LogP contribution in [-0.4, -0.2) is 36.5 Å². The first-order chi connectivity index (χ1) is 11.7. The maximum Gasteiger partial charge on any atom is 0.237 e. The molecule has 0 aliphatic carbocycles. The summed E-state index contributed by atoms with van der Waals surface area (Å²) in [5, 5.41) is 3.63. The van der Waals surface area contributed by atoms with Crippen LogP contribution in [0.3, 0.4) is 0 Å². The third-order valence-electron chi connectivity index (χ3n) is 4.14. The largest absolute Gasteiger partial charge is 0.492 e. The summed E-state index contributed by atoms with van der Waals surface area (Å²) in [4.78, 5) is 14.5. The third kappa shape index (κ3) is 4.52. The molecule has 2 aromatic rings. The molecule has 3 rings (SSSR count). The predicted octanol–water partition coefficient (Wildman–Crippen LogP) is 3.09. The lowest BCUT2D eigenvalue weighted by Crippen LogP contribution is -2.44. The smallest absolute Gasteiger partial charge is 0.237 e. The maximum absolute atomic E-state index is 12.4. The van der Waals surface area contributed by atoms with Gasteiger partial charge in [-0.1, -0.05) is 11.6 Å². The molecule has 1 amide bonds. The van der Waals surface area contributed by atoms with Crippen LogP contribution >= 0.6 is 11.6 Å². The Hall–Kier alpha value is -1.98. The fourth-order valence-corrected chi connectivity index (χ4v) is 3.03. The van der Waals surface area contributed by atoms with Crippen molar-refractivity contribution in [2.24, 2.45) is 0 Å². The molecule has 2 heterocycles. The number of ether oxygens (including phenoxy) is 1. The molecule has 0 radical (unpaired) electrons. The molecule has 128 valence electrons. The summed E-state index contributed by atoms with van der Waals surface area (Å²) < 4.78 is 11.0. The minimum absolute atomic E-state index is 0.0513. The van der Waals surface area contributed by atoms with E-state index in [1.807, 2.05) is 24.3 Å². The van der Waals surface area contributed by atoms with E-state index in [0.29, 0.717) is 18.2 Å². The van der Waals surface area contributed by atoms with E-state index in [9.17, 15) is 4.79 Å². The van der Waals surface area contributed by atoms with E-state index < -0.39 is 0 Å². The lowest BCUT2D eigenvalue weighted by molar-refractivity contribution is -0.125. The molecule has 1 aliphatic heterocycles. The van der Waals surface area contributed by atoms with Gasteiger partial charge in [-0.15, -0.1) is 0 Å². The average molecular weight is 349 g/mol. The quantitative estimate of drug-likeness (QED) is 0.835. The second-order valence-corrected chi connectivity index (χ2v) is 6.23. The van der Waals surface area contributed by atoms with E-state index in [2.05, 4.69) is 10.2 Å². The summed E-state index contributed by atoms with van der Waals surface area (Å²) in [6.45, 7) is 2.62. The van der Waals surface area contributed by atoms with Gasteiger partial charge in [-0.2, -0.15) is 0 Å². The Morgan fingerprint density at radius 1 is 1.33 bits per heavy atom. The zero-order valence-electron chi connectivity index (χ0n) is 13.4. The van der Waals surface area contributed by atoms with E-state index in [-0.39, 0.29) is 11.9 Å². The number of hydrogen-bond donors (Lipinski definition) is 1. The minimum atomic E-state index is -0.0891. The molecule has 0 spiro atoms. The van der Waals surface area contributed by atoms with Crippen LogP contribution in [0.25, 0.3) is 0 Å². The van der Waals surface area contributed by atoms with Gasteiger partial charge < -0.3 is 14.5 Å².